The quantitative estimate of drug-likeness (QED) is 0.159. The van der Waals surface area contributed by atoms with E-state index in [1.807, 2.05) is 84.9 Å². The minimum atomic E-state index is -0.339. The number of nitrogens with zero attached hydrogens (tertiary/aromatic N) is 2. The molecule has 0 bridgehead atoms. The van der Waals surface area contributed by atoms with Gasteiger partial charge in [-0.05, 0) is 127 Å². The van der Waals surface area contributed by atoms with Gasteiger partial charge in [-0.1, -0.05) is 138 Å². The van der Waals surface area contributed by atoms with Crippen molar-refractivity contribution >= 4 is 39.3 Å². The lowest BCUT2D eigenvalue weighted by Crippen LogP contribution is -2.29. The van der Waals surface area contributed by atoms with Crippen molar-refractivity contribution in [3.8, 4) is 50.2 Å². The highest BCUT2D eigenvalue weighted by atomic mass is 16.2. The van der Waals surface area contributed by atoms with Crippen molar-refractivity contribution < 1.29 is 9.59 Å². The Morgan fingerprint density at radius 1 is 0.362 bits per heavy atom. The molecule has 0 atom stereocenters. The zero-order chi connectivity index (χ0) is 39.7. The predicted octanol–water partition coefficient (Wildman–Crippen LogP) is 13.5. The highest BCUT2D eigenvalue weighted by molar-refractivity contribution is 6.36. The van der Waals surface area contributed by atoms with Crippen molar-refractivity contribution in [1.82, 2.24) is 4.57 Å². The molecule has 9 aromatic rings. The summed E-state index contributed by atoms with van der Waals surface area (Å²) >= 11 is 0. The molecule has 0 aliphatic carbocycles. The van der Waals surface area contributed by atoms with E-state index in [9.17, 15) is 9.59 Å². The average molecular weight is 749 g/mol. The molecular formula is C54H40N2O2. The summed E-state index contributed by atoms with van der Waals surface area (Å²) in [6.45, 7) is 8.54. The number of amides is 2. The highest BCUT2D eigenvalue weighted by Gasteiger charge is 2.39. The van der Waals surface area contributed by atoms with Gasteiger partial charge in [-0.3, -0.25) is 9.59 Å². The summed E-state index contributed by atoms with van der Waals surface area (Å²) in [5.74, 6) is -0.672. The van der Waals surface area contributed by atoms with Gasteiger partial charge < -0.3 is 4.57 Å². The van der Waals surface area contributed by atoms with Crippen LogP contribution >= 0.6 is 0 Å². The molecule has 0 spiro atoms. The minimum absolute atomic E-state index is 0.332. The first-order valence-corrected chi connectivity index (χ1v) is 19.7. The lowest BCUT2D eigenvalue weighted by molar-refractivity contribution is 0.0926. The number of hydrogen-bond acceptors (Lipinski definition) is 2. The van der Waals surface area contributed by atoms with Crippen molar-refractivity contribution in [3.63, 3.8) is 0 Å². The van der Waals surface area contributed by atoms with E-state index in [0.717, 1.165) is 66.3 Å². The third-order valence-corrected chi connectivity index (χ3v) is 11.4. The molecule has 0 saturated heterocycles. The lowest BCUT2D eigenvalue weighted by Gasteiger charge is -2.18. The largest absolute Gasteiger partial charge is 0.308 e. The smallest absolute Gasteiger partial charge is 0.268 e. The fraction of sp³-hybridized carbons (Fsp3) is 0.0741. The fourth-order valence-corrected chi connectivity index (χ4v) is 8.95. The van der Waals surface area contributed by atoms with Crippen molar-refractivity contribution in [2.45, 2.75) is 27.7 Å². The number of hydrogen-bond donors (Lipinski definition) is 0. The molecule has 4 nitrogen and oxygen atoms in total. The Morgan fingerprint density at radius 3 is 1.31 bits per heavy atom. The number of carbonyl (C=O) groups excluding carboxylic acids is 2. The van der Waals surface area contributed by atoms with Gasteiger partial charge in [0.25, 0.3) is 11.8 Å². The van der Waals surface area contributed by atoms with Crippen molar-refractivity contribution in [2.75, 3.05) is 4.90 Å². The number of aromatic nitrogens is 1. The minimum Gasteiger partial charge on any atom is -0.308 e. The number of carbonyl (C=O) groups is 2. The first kappa shape index (κ1) is 35.1. The molecule has 1 aliphatic rings. The van der Waals surface area contributed by atoms with Crippen LogP contribution in [0.3, 0.4) is 0 Å². The zero-order valence-electron chi connectivity index (χ0n) is 32.9. The molecule has 0 fully saturated rings. The summed E-state index contributed by atoms with van der Waals surface area (Å²) in [4.78, 5) is 30.9. The van der Waals surface area contributed by atoms with Gasteiger partial charge in [0, 0.05) is 10.8 Å². The fourth-order valence-electron chi connectivity index (χ4n) is 8.95. The Kier molecular flexibility index (Phi) is 8.31. The second-order valence-electron chi connectivity index (χ2n) is 15.7. The molecule has 0 unspecified atom stereocenters. The molecule has 278 valence electrons. The van der Waals surface area contributed by atoms with Gasteiger partial charge in [0.15, 0.2) is 0 Å². The standard InChI is InChI=1S/C54H40N2O2/c1-33-22-34(2)25-41(24-33)39-18-20-49-47(31-39)48-32-40(42-26-35(3)23-36(4)27-42)19-21-50(48)56(49)51-17-11-16-46-52(51)54(58)55(53(46)57)45-29-43(37-12-7-5-8-13-37)28-44(30-45)38-14-9-6-10-15-38/h5-32H,1-4H3. The number of imide groups is 1. The zero-order valence-corrected chi connectivity index (χ0v) is 32.9. The number of aryl methyl sites for hydroxylation is 4. The highest BCUT2D eigenvalue weighted by Crippen LogP contribution is 2.42. The molecular weight excluding hydrogens is 709 g/mol. The van der Waals surface area contributed by atoms with Crippen molar-refractivity contribution in [3.05, 3.63) is 203 Å². The van der Waals surface area contributed by atoms with Crippen LogP contribution in [0.25, 0.3) is 72.0 Å². The molecule has 2 amide bonds. The van der Waals surface area contributed by atoms with Crippen LogP contribution in [0.5, 0.6) is 0 Å². The molecule has 10 rings (SSSR count). The summed E-state index contributed by atoms with van der Waals surface area (Å²) < 4.78 is 2.17. The number of benzene rings is 8. The summed E-state index contributed by atoms with van der Waals surface area (Å²) in [5, 5.41) is 2.15. The van der Waals surface area contributed by atoms with Crippen LogP contribution in [-0.2, 0) is 0 Å². The van der Waals surface area contributed by atoms with Crippen LogP contribution in [0.1, 0.15) is 43.0 Å². The monoisotopic (exact) mass is 748 g/mol. The second kappa shape index (κ2) is 13.7. The molecule has 0 saturated carbocycles. The van der Waals surface area contributed by atoms with Gasteiger partial charge in [-0.2, -0.15) is 0 Å². The number of rotatable bonds is 6. The summed E-state index contributed by atoms with van der Waals surface area (Å²) in [6.07, 6.45) is 0. The Balaban J connectivity index is 1.17. The van der Waals surface area contributed by atoms with E-state index >= 15 is 0 Å². The van der Waals surface area contributed by atoms with E-state index in [4.69, 9.17) is 0 Å². The van der Waals surface area contributed by atoms with Crippen LogP contribution in [0.15, 0.2) is 170 Å². The molecule has 0 N–H and O–H groups in total. The summed E-state index contributed by atoms with van der Waals surface area (Å²) in [6, 6.07) is 58.3. The van der Waals surface area contributed by atoms with Gasteiger partial charge >= 0.3 is 0 Å². The van der Waals surface area contributed by atoms with E-state index in [1.54, 1.807) is 6.07 Å². The van der Waals surface area contributed by atoms with Gasteiger partial charge in [-0.15, -0.1) is 0 Å². The van der Waals surface area contributed by atoms with E-state index in [2.05, 4.69) is 111 Å². The molecule has 58 heavy (non-hydrogen) atoms. The first-order valence-electron chi connectivity index (χ1n) is 19.7. The van der Waals surface area contributed by atoms with E-state index in [-0.39, 0.29) is 11.8 Å². The van der Waals surface area contributed by atoms with Crippen LogP contribution in [-0.4, -0.2) is 16.4 Å². The topological polar surface area (TPSA) is 42.3 Å². The SMILES string of the molecule is Cc1cc(C)cc(-c2ccc3c(c2)c2cc(-c4cc(C)cc(C)c4)ccc2n3-c2cccc3c2C(=O)N(c2cc(-c4ccccc4)cc(-c4ccccc4)c2)C3=O)c1. The maximum absolute atomic E-state index is 15.0. The van der Waals surface area contributed by atoms with E-state index < -0.39 is 0 Å². The van der Waals surface area contributed by atoms with E-state index in [1.165, 1.54) is 27.2 Å². The Morgan fingerprint density at radius 2 is 0.828 bits per heavy atom. The van der Waals surface area contributed by atoms with Gasteiger partial charge in [0.2, 0.25) is 0 Å². The Bertz CT molecular complexity index is 2930. The van der Waals surface area contributed by atoms with Crippen LogP contribution in [0, 0.1) is 27.7 Å². The maximum atomic E-state index is 15.0. The number of fused-ring (bicyclic) bond motifs is 4. The van der Waals surface area contributed by atoms with Crippen LogP contribution in [0.2, 0.25) is 0 Å². The van der Waals surface area contributed by atoms with Crippen LogP contribution in [0.4, 0.5) is 5.69 Å². The second-order valence-corrected chi connectivity index (χ2v) is 15.7. The third-order valence-electron chi connectivity index (χ3n) is 11.4. The Labute approximate surface area is 338 Å². The molecule has 1 aromatic heterocycles. The van der Waals surface area contributed by atoms with Crippen LogP contribution < -0.4 is 4.90 Å². The molecule has 1 aliphatic heterocycles. The normalized spacial score (nSPS) is 12.5. The first-order chi connectivity index (χ1) is 28.2. The number of anilines is 1. The van der Waals surface area contributed by atoms with E-state index in [0.29, 0.717) is 22.5 Å². The Hall–Kier alpha value is -7.30. The third kappa shape index (κ3) is 5.93. The average Bonchev–Trinajstić information content (AvgIpc) is 3.70. The predicted molar refractivity (Wildman–Crippen MR) is 239 cm³/mol. The van der Waals surface area contributed by atoms with Gasteiger partial charge in [0.1, 0.15) is 0 Å². The van der Waals surface area contributed by atoms with Crippen molar-refractivity contribution in [2.24, 2.45) is 0 Å². The van der Waals surface area contributed by atoms with Gasteiger partial charge in [-0.25, -0.2) is 4.90 Å². The molecule has 4 heteroatoms. The molecule has 8 aromatic carbocycles. The lowest BCUT2D eigenvalue weighted by atomic mass is 9.97. The summed E-state index contributed by atoms with van der Waals surface area (Å²) in [7, 11) is 0. The summed E-state index contributed by atoms with van der Waals surface area (Å²) in [5.41, 5.74) is 17.2. The van der Waals surface area contributed by atoms with Gasteiger partial charge in [0.05, 0.1) is 33.5 Å². The van der Waals surface area contributed by atoms with Crippen molar-refractivity contribution in [1.29, 1.82) is 0 Å². The molecule has 2 heterocycles. The molecule has 0 radical (unpaired) electrons. The maximum Gasteiger partial charge on any atom is 0.268 e.